The van der Waals surface area contributed by atoms with E-state index in [-0.39, 0.29) is 41.2 Å². The van der Waals surface area contributed by atoms with Crippen LogP contribution in [0.3, 0.4) is 0 Å². The van der Waals surface area contributed by atoms with Crippen LogP contribution in [0.25, 0.3) is 11.1 Å². The summed E-state index contributed by atoms with van der Waals surface area (Å²) in [6.07, 6.45) is -0.181. The van der Waals surface area contributed by atoms with Gasteiger partial charge in [-0.15, -0.1) is 0 Å². The third-order valence-electron chi connectivity index (χ3n) is 3.67. The summed E-state index contributed by atoms with van der Waals surface area (Å²) < 4.78 is 37.8. The summed E-state index contributed by atoms with van der Waals surface area (Å²) in [5, 5.41) is 1.87. The van der Waals surface area contributed by atoms with Gasteiger partial charge in [0.2, 0.25) is 5.91 Å². The topological polar surface area (TPSA) is 116 Å². The Balaban J connectivity index is 0.00000172. The molecule has 2 aromatic carbocycles. The van der Waals surface area contributed by atoms with Crippen molar-refractivity contribution in [1.29, 1.82) is 0 Å². The number of amides is 1. The number of esters is 1. The molecule has 33 heavy (non-hydrogen) atoms. The molecule has 1 N–H and O–H groups in total. The Bertz CT molecular complexity index is 1040. The maximum atomic E-state index is 14.1. The van der Waals surface area contributed by atoms with Crippen molar-refractivity contribution in [1.82, 2.24) is 5.32 Å². The lowest BCUT2D eigenvalue weighted by Crippen LogP contribution is -2.23. The second kappa shape index (κ2) is 13.8. The molecule has 0 aliphatic heterocycles. The van der Waals surface area contributed by atoms with Crippen molar-refractivity contribution in [3.63, 3.8) is 0 Å². The van der Waals surface area contributed by atoms with Crippen LogP contribution < -0.4 is 10.1 Å². The summed E-state index contributed by atoms with van der Waals surface area (Å²) in [6.45, 7) is 4.96. The number of benzene rings is 2. The van der Waals surface area contributed by atoms with Crippen LogP contribution in [-0.2, 0) is 19.1 Å². The molecule has 8 nitrogen and oxygen atoms in total. The maximum Gasteiger partial charge on any atom is 0.373 e. The lowest BCUT2D eigenvalue weighted by molar-refractivity contribution is -0.191. The summed E-state index contributed by atoms with van der Waals surface area (Å²) >= 11 is 0.823. The lowest BCUT2D eigenvalue weighted by Gasteiger charge is -2.14. The highest BCUT2D eigenvalue weighted by Crippen LogP contribution is 2.30. The van der Waals surface area contributed by atoms with Crippen molar-refractivity contribution < 1.29 is 42.2 Å². The fourth-order valence-electron chi connectivity index (χ4n) is 2.43. The highest BCUT2D eigenvalue weighted by atomic mass is 32.2. The van der Waals surface area contributed by atoms with Gasteiger partial charge in [0.25, 0.3) is 0 Å². The zero-order valence-corrected chi connectivity index (χ0v) is 18.8. The van der Waals surface area contributed by atoms with E-state index in [2.05, 4.69) is 5.32 Å². The first-order valence-corrected chi connectivity index (χ1v) is 10.5. The summed E-state index contributed by atoms with van der Waals surface area (Å²) in [7, 11) is 0. The quantitative estimate of drug-likeness (QED) is 0.466. The molecule has 0 saturated carbocycles. The molecule has 0 aliphatic carbocycles. The number of thioether (sulfide) groups is 1. The first-order chi connectivity index (χ1) is 15.6. The van der Waals surface area contributed by atoms with Crippen molar-refractivity contribution >= 4 is 35.1 Å². The molecule has 0 unspecified atom stereocenters. The average Bonchev–Trinajstić information content (AvgIpc) is 2.71. The number of rotatable bonds is 7. The number of carbonyl (C=O) groups is 3. The number of halogens is 2. The Morgan fingerprint density at radius 3 is 2.33 bits per heavy atom. The zero-order chi connectivity index (χ0) is 25.0. The van der Waals surface area contributed by atoms with Crippen molar-refractivity contribution in [3.8, 4) is 16.9 Å². The Hall–Kier alpha value is -3.56. The predicted octanol–water partition coefficient (Wildman–Crippen LogP) is 3.98. The monoisotopic (exact) mass is 481 g/mol. The van der Waals surface area contributed by atoms with Gasteiger partial charge in [0.1, 0.15) is 22.9 Å². The number of nitrogens with one attached hydrogen (secondary N) is 1. The van der Waals surface area contributed by atoms with E-state index in [1.54, 1.807) is 13.8 Å². The molecule has 0 spiro atoms. The average molecular weight is 481 g/mol. The Morgan fingerprint density at radius 1 is 1.09 bits per heavy atom. The Labute approximate surface area is 192 Å². The van der Waals surface area contributed by atoms with E-state index in [0.717, 1.165) is 23.9 Å². The van der Waals surface area contributed by atoms with Gasteiger partial charge in [-0.2, -0.15) is 9.59 Å². The molecule has 0 atom stereocenters. The van der Waals surface area contributed by atoms with Gasteiger partial charge in [0.05, 0.1) is 6.10 Å². The number of ether oxygens (including phenoxy) is 2. The van der Waals surface area contributed by atoms with Crippen LogP contribution in [0.15, 0.2) is 36.4 Å². The molecule has 2 aromatic rings. The van der Waals surface area contributed by atoms with Crippen LogP contribution in [0.4, 0.5) is 13.6 Å². The normalized spacial score (nSPS) is 9.88. The van der Waals surface area contributed by atoms with Crippen LogP contribution in [0.2, 0.25) is 0 Å². The molecule has 176 valence electrons. The van der Waals surface area contributed by atoms with Gasteiger partial charge >= 0.3 is 17.4 Å². The van der Waals surface area contributed by atoms with E-state index < -0.39 is 29.0 Å². The first kappa shape index (κ1) is 27.5. The fraction of sp³-hybridized carbons (Fsp3) is 0.273. The predicted molar refractivity (Wildman–Crippen MR) is 115 cm³/mol. The minimum atomic E-state index is -0.795. The van der Waals surface area contributed by atoms with E-state index in [9.17, 15) is 23.2 Å². The summed E-state index contributed by atoms with van der Waals surface area (Å²) in [5.74, 6) is -2.26. The third-order valence-corrected chi connectivity index (χ3v) is 4.40. The lowest BCUT2D eigenvalue weighted by atomic mass is 10.0. The van der Waals surface area contributed by atoms with E-state index in [0.29, 0.717) is 5.56 Å². The molecule has 0 aliphatic rings. The number of carbonyl (C=O) groups excluding carboxylic acids is 5. The van der Waals surface area contributed by atoms with Gasteiger partial charge < -0.3 is 14.8 Å². The molecule has 0 aromatic heterocycles. The number of hydrogen-bond donors (Lipinski definition) is 1. The van der Waals surface area contributed by atoms with E-state index in [1.165, 1.54) is 31.2 Å². The second-order valence-electron chi connectivity index (χ2n) is 6.56. The minimum absolute atomic E-state index is 0.0519. The largest absolute Gasteiger partial charge is 0.459 e. The van der Waals surface area contributed by atoms with Gasteiger partial charge in [0, 0.05) is 30.9 Å². The van der Waals surface area contributed by atoms with E-state index >= 15 is 0 Å². The van der Waals surface area contributed by atoms with E-state index in [1.807, 2.05) is 0 Å². The molecule has 0 saturated heterocycles. The van der Waals surface area contributed by atoms with Crippen molar-refractivity contribution in [2.24, 2.45) is 0 Å². The van der Waals surface area contributed by atoms with Gasteiger partial charge in [0.15, 0.2) is 0 Å². The van der Waals surface area contributed by atoms with Crippen molar-refractivity contribution in [2.45, 2.75) is 26.9 Å². The molecule has 2 rings (SSSR count). The molecule has 0 fully saturated rings. The summed E-state index contributed by atoms with van der Waals surface area (Å²) in [6, 6.07) is 7.21. The van der Waals surface area contributed by atoms with Gasteiger partial charge in [-0.25, -0.2) is 18.4 Å². The van der Waals surface area contributed by atoms with Gasteiger partial charge in [-0.05, 0) is 55.4 Å². The second-order valence-corrected chi connectivity index (χ2v) is 7.59. The van der Waals surface area contributed by atoms with Crippen molar-refractivity contribution in [2.75, 3.05) is 12.3 Å². The molecule has 11 heteroatoms. The van der Waals surface area contributed by atoms with Crippen LogP contribution in [0, 0.1) is 11.6 Å². The molecule has 0 heterocycles. The van der Waals surface area contributed by atoms with Gasteiger partial charge in [-0.1, -0.05) is 6.07 Å². The highest BCUT2D eigenvalue weighted by Gasteiger charge is 2.20. The number of hydrogen-bond acceptors (Lipinski definition) is 8. The summed E-state index contributed by atoms with van der Waals surface area (Å²) in [4.78, 5) is 51.7. The molecular weight excluding hydrogens is 460 g/mol. The van der Waals surface area contributed by atoms with Crippen LogP contribution in [0.1, 0.15) is 31.1 Å². The fourth-order valence-corrected chi connectivity index (χ4v) is 2.95. The van der Waals surface area contributed by atoms with Crippen LogP contribution in [0.5, 0.6) is 5.75 Å². The highest BCUT2D eigenvalue weighted by molar-refractivity contribution is 8.13. The first-order valence-electron chi connectivity index (χ1n) is 9.47. The molecule has 1 amide bonds. The van der Waals surface area contributed by atoms with E-state index in [4.69, 9.17) is 19.1 Å². The Kier molecular flexibility index (Phi) is 11.5. The smallest absolute Gasteiger partial charge is 0.373 e. The summed E-state index contributed by atoms with van der Waals surface area (Å²) in [5.41, 5.74) is 0.305. The van der Waals surface area contributed by atoms with Crippen LogP contribution >= 0.6 is 11.8 Å². The zero-order valence-electron chi connectivity index (χ0n) is 18.0. The molecule has 0 bridgehead atoms. The standard InChI is InChI=1S/C21H21F2NO5S.CO2/c1-12(2)28-20(26)17-10-14(16-6-5-15(22)11-18(16)23)4-7-19(17)29-21(27)30-9-8-24-13(3)25;2-1-3/h4-7,10-12H,8-9H2,1-3H3,(H,24,25);. The molecular formula is C22H21F2NO7S. The van der Waals surface area contributed by atoms with Crippen LogP contribution in [-0.4, -0.2) is 41.7 Å². The minimum Gasteiger partial charge on any atom is -0.459 e. The van der Waals surface area contributed by atoms with Gasteiger partial charge in [-0.3, -0.25) is 4.79 Å². The SMILES string of the molecule is CC(=O)NCCSC(=O)Oc1ccc(-c2ccc(F)cc2F)cc1C(=O)OC(C)C.O=C=O. The Morgan fingerprint density at radius 2 is 1.76 bits per heavy atom. The molecule has 0 radical (unpaired) electrons. The van der Waals surface area contributed by atoms with Crippen molar-refractivity contribution in [3.05, 3.63) is 53.6 Å². The third kappa shape index (κ3) is 9.63. The maximum absolute atomic E-state index is 14.1.